The number of ether oxygens (including phenoxy) is 1. The number of aliphatic hydroxyl groups excluding tert-OH is 1. The van der Waals surface area contributed by atoms with Gasteiger partial charge < -0.3 is 9.84 Å². The highest BCUT2D eigenvalue weighted by molar-refractivity contribution is 5.91. The van der Waals surface area contributed by atoms with Crippen LogP contribution in [0.2, 0.25) is 0 Å². The van der Waals surface area contributed by atoms with E-state index in [0.717, 1.165) is 12.8 Å². The van der Waals surface area contributed by atoms with Gasteiger partial charge in [-0.05, 0) is 24.5 Å². The van der Waals surface area contributed by atoms with E-state index in [1.807, 2.05) is 12.2 Å². The standard InChI is InChI=1S/C14H18O3/c1-2-3-4-7-10-17-14(16)13-9-6-5-8-12(13)11-15/h3-6,8-9,15H,2,7,10-11H2,1H3. The summed E-state index contributed by atoms with van der Waals surface area (Å²) >= 11 is 0. The highest BCUT2D eigenvalue weighted by Crippen LogP contribution is 2.10. The van der Waals surface area contributed by atoms with Crippen molar-refractivity contribution in [3.63, 3.8) is 0 Å². The molecule has 1 aromatic carbocycles. The fraction of sp³-hybridized carbons (Fsp3) is 0.357. The van der Waals surface area contributed by atoms with Gasteiger partial charge in [0.2, 0.25) is 0 Å². The van der Waals surface area contributed by atoms with Crippen LogP contribution in [0.4, 0.5) is 0 Å². The van der Waals surface area contributed by atoms with Crippen LogP contribution < -0.4 is 0 Å². The van der Waals surface area contributed by atoms with Crippen molar-refractivity contribution in [1.29, 1.82) is 0 Å². The Morgan fingerprint density at radius 2 is 2.12 bits per heavy atom. The second-order valence-corrected chi connectivity index (χ2v) is 3.62. The monoisotopic (exact) mass is 234 g/mol. The third kappa shape index (κ3) is 4.41. The van der Waals surface area contributed by atoms with E-state index in [2.05, 4.69) is 6.92 Å². The summed E-state index contributed by atoms with van der Waals surface area (Å²) in [6.07, 6.45) is 5.74. The molecule has 0 aliphatic heterocycles. The molecule has 0 bridgehead atoms. The van der Waals surface area contributed by atoms with Gasteiger partial charge in [-0.2, -0.15) is 0 Å². The average molecular weight is 234 g/mol. The minimum absolute atomic E-state index is 0.152. The van der Waals surface area contributed by atoms with E-state index in [4.69, 9.17) is 9.84 Å². The van der Waals surface area contributed by atoms with Gasteiger partial charge in [0.15, 0.2) is 0 Å². The molecule has 0 heterocycles. The zero-order valence-corrected chi connectivity index (χ0v) is 10.1. The first kappa shape index (κ1) is 13.5. The molecular formula is C14H18O3. The summed E-state index contributed by atoms with van der Waals surface area (Å²) in [7, 11) is 0. The predicted octanol–water partition coefficient (Wildman–Crippen LogP) is 2.69. The molecule has 92 valence electrons. The first-order valence-corrected chi connectivity index (χ1v) is 5.80. The first-order chi connectivity index (χ1) is 8.29. The SMILES string of the molecule is CCC=CCCOC(=O)c1ccccc1CO. The molecule has 0 radical (unpaired) electrons. The molecule has 0 amide bonds. The molecule has 0 atom stereocenters. The number of hydrogen-bond donors (Lipinski definition) is 1. The molecule has 0 aliphatic carbocycles. The highest BCUT2D eigenvalue weighted by Gasteiger charge is 2.10. The van der Waals surface area contributed by atoms with Crippen molar-refractivity contribution in [2.24, 2.45) is 0 Å². The lowest BCUT2D eigenvalue weighted by Crippen LogP contribution is -2.09. The number of esters is 1. The molecule has 1 rings (SSSR count). The maximum atomic E-state index is 11.7. The normalized spacial score (nSPS) is 10.7. The van der Waals surface area contributed by atoms with Crippen molar-refractivity contribution in [2.45, 2.75) is 26.4 Å². The molecule has 0 unspecified atom stereocenters. The van der Waals surface area contributed by atoms with Crippen LogP contribution in [0.15, 0.2) is 36.4 Å². The third-order valence-corrected chi connectivity index (χ3v) is 2.33. The second-order valence-electron chi connectivity index (χ2n) is 3.62. The number of carbonyl (C=O) groups is 1. The van der Waals surface area contributed by atoms with Crippen molar-refractivity contribution in [1.82, 2.24) is 0 Å². The number of hydrogen-bond acceptors (Lipinski definition) is 3. The summed E-state index contributed by atoms with van der Waals surface area (Å²) in [6.45, 7) is 2.27. The first-order valence-electron chi connectivity index (χ1n) is 5.80. The summed E-state index contributed by atoms with van der Waals surface area (Å²) in [5.41, 5.74) is 1.04. The van der Waals surface area contributed by atoms with Gasteiger partial charge in [-0.15, -0.1) is 0 Å². The summed E-state index contributed by atoms with van der Waals surface area (Å²) in [6, 6.07) is 6.92. The Bertz CT molecular complexity index is 383. The summed E-state index contributed by atoms with van der Waals surface area (Å²) in [4.78, 5) is 11.7. The number of aliphatic hydroxyl groups is 1. The predicted molar refractivity (Wildman–Crippen MR) is 66.7 cm³/mol. The summed E-state index contributed by atoms with van der Waals surface area (Å²) in [5, 5.41) is 9.09. The third-order valence-electron chi connectivity index (χ3n) is 2.33. The minimum atomic E-state index is -0.375. The Labute approximate surface area is 102 Å². The largest absolute Gasteiger partial charge is 0.462 e. The Morgan fingerprint density at radius 1 is 1.35 bits per heavy atom. The van der Waals surface area contributed by atoms with E-state index in [0.29, 0.717) is 17.7 Å². The molecule has 1 N–H and O–H groups in total. The lowest BCUT2D eigenvalue weighted by molar-refractivity contribution is 0.0508. The quantitative estimate of drug-likeness (QED) is 0.467. The molecule has 3 heteroatoms. The number of allylic oxidation sites excluding steroid dienone is 1. The van der Waals surface area contributed by atoms with Crippen LogP contribution in [0.25, 0.3) is 0 Å². The van der Waals surface area contributed by atoms with E-state index in [1.165, 1.54) is 0 Å². The molecular weight excluding hydrogens is 216 g/mol. The fourth-order valence-corrected chi connectivity index (χ4v) is 1.44. The summed E-state index contributed by atoms with van der Waals surface area (Å²) in [5.74, 6) is -0.375. The Kier molecular flexibility index (Phi) is 6.04. The van der Waals surface area contributed by atoms with E-state index >= 15 is 0 Å². The van der Waals surface area contributed by atoms with Gasteiger partial charge in [-0.1, -0.05) is 37.3 Å². The van der Waals surface area contributed by atoms with Gasteiger partial charge in [0.1, 0.15) is 0 Å². The lowest BCUT2D eigenvalue weighted by atomic mass is 10.1. The van der Waals surface area contributed by atoms with E-state index in [9.17, 15) is 4.79 Å². The Hall–Kier alpha value is -1.61. The average Bonchev–Trinajstić information content (AvgIpc) is 2.38. The fourth-order valence-electron chi connectivity index (χ4n) is 1.44. The van der Waals surface area contributed by atoms with Gasteiger partial charge in [0.25, 0.3) is 0 Å². The van der Waals surface area contributed by atoms with Gasteiger partial charge in [0, 0.05) is 0 Å². The number of rotatable bonds is 6. The molecule has 0 aromatic heterocycles. The topological polar surface area (TPSA) is 46.5 Å². The van der Waals surface area contributed by atoms with Gasteiger partial charge in [0.05, 0.1) is 18.8 Å². The zero-order chi connectivity index (χ0) is 12.5. The van der Waals surface area contributed by atoms with Crippen molar-refractivity contribution in [3.8, 4) is 0 Å². The zero-order valence-electron chi connectivity index (χ0n) is 10.1. The molecule has 0 saturated heterocycles. The van der Waals surface area contributed by atoms with Crippen molar-refractivity contribution < 1.29 is 14.6 Å². The van der Waals surface area contributed by atoms with E-state index in [-0.39, 0.29) is 12.6 Å². The Morgan fingerprint density at radius 3 is 2.82 bits per heavy atom. The van der Waals surface area contributed by atoms with Crippen LogP contribution in [0.3, 0.4) is 0 Å². The molecule has 3 nitrogen and oxygen atoms in total. The second kappa shape index (κ2) is 7.63. The maximum absolute atomic E-state index is 11.7. The minimum Gasteiger partial charge on any atom is -0.462 e. The summed E-state index contributed by atoms with van der Waals surface area (Å²) < 4.78 is 5.12. The van der Waals surface area contributed by atoms with E-state index in [1.54, 1.807) is 24.3 Å². The van der Waals surface area contributed by atoms with Crippen molar-refractivity contribution in [2.75, 3.05) is 6.61 Å². The van der Waals surface area contributed by atoms with Crippen LogP contribution in [-0.2, 0) is 11.3 Å². The van der Waals surface area contributed by atoms with Crippen LogP contribution in [0, 0.1) is 0 Å². The van der Waals surface area contributed by atoms with Gasteiger partial charge in [-0.25, -0.2) is 4.79 Å². The molecule has 17 heavy (non-hydrogen) atoms. The van der Waals surface area contributed by atoms with Crippen LogP contribution >= 0.6 is 0 Å². The number of benzene rings is 1. The molecule has 0 saturated carbocycles. The van der Waals surface area contributed by atoms with E-state index < -0.39 is 0 Å². The molecule has 0 fully saturated rings. The van der Waals surface area contributed by atoms with Gasteiger partial charge >= 0.3 is 5.97 Å². The highest BCUT2D eigenvalue weighted by atomic mass is 16.5. The van der Waals surface area contributed by atoms with Gasteiger partial charge in [-0.3, -0.25) is 0 Å². The lowest BCUT2D eigenvalue weighted by Gasteiger charge is -2.06. The molecule has 1 aromatic rings. The van der Waals surface area contributed by atoms with Crippen LogP contribution in [-0.4, -0.2) is 17.7 Å². The smallest absolute Gasteiger partial charge is 0.338 e. The van der Waals surface area contributed by atoms with Crippen LogP contribution in [0.1, 0.15) is 35.7 Å². The number of carbonyl (C=O) groups excluding carboxylic acids is 1. The van der Waals surface area contributed by atoms with Crippen molar-refractivity contribution in [3.05, 3.63) is 47.5 Å². The van der Waals surface area contributed by atoms with Crippen LogP contribution in [0.5, 0.6) is 0 Å². The van der Waals surface area contributed by atoms with Crippen molar-refractivity contribution >= 4 is 5.97 Å². The maximum Gasteiger partial charge on any atom is 0.338 e. The Balaban J connectivity index is 2.49. The molecule has 0 aliphatic rings. The molecule has 0 spiro atoms.